The molecular formula is C23H27NO6. The van der Waals surface area contributed by atoms with Crippen LogP contribution in [0.5, 0.6) is 5.75 Å². The van der Waals surface area contributed by atoms with Crippen LogP contribution in [-0.4, -0.2) is 49.1 Å². The second-order valence-electron chi connectivity index (χ2n) is 7.56. The van der Waals surface area contributed by atoms with Crippen LogP contribution in [0.2, 0.25) is 0 Å². The number of aliphatic hydroxyl groups is 1. The molecule has 1 atom stereocenters. The zero-order chi connectivity index (χ0) is 22.0. The molecule has 1 aliphatic rings. The second-order valence-corrected chi connectivity index (χ2v) is 7.56. The van der Waals surface area contributed by atoms with Crippen molar-refractivity contribution in [2.45, 2.75) is 32.7 Å². The number of nitrogens with zero attached hydrogens (tertiary/aromatic N) is 1. The van der Waals surface area contributed by atoms with E-state index in [1.54, 1.807) is 19.2 Å². The minimum absolute atomic E-state index is 0.00836. The summed E-state index contributed by atoms with van der Waals surface area (Å²) in [5.41, 5.74) is 2.12. The average Bonchev–Trinajstić information content (AvgIpc) is 3.33. The van der Waals surface area contributed by atoms with Gasteiger partial charge in [0.1, 0.15) is 23.3 Å². The van der Waals surface area contributed by atoms with Gasteiger partial charge in [-0.3, -0.25) is 9.59 Å². The van der Waals surface area contributed by atoms with Crippen LogP contribution in [-0.2, 0) is 14.3 Å². The Labute approximate surface area is 175 Å². The highest BCUT2D eigenvalue weighted by Crippen LogP contribution is 2.41. The molecule has 0 aliphatic carbocycles. The maximum Gasteiger partial charge on any atom is 0.295 e. The molecule has 2 aromatic rings. The molecule has 160 valence electrons. The number of benzene rings is 1. The van der Waals surface area contributed by atoms with Crippen LogP contribution in [0.25, 0.3) is 5.76 Å². The lowest BCUT2D eigenvalue weighted by molar-refractivity contribution is -0.140. The van der Waals surface area contributed by atoms with Crippen LogP contribution in [0.3, 0.4) is 0 Å². The van der Waals surface area contributed by atoms with Gasteiger partial charge < -0.3 is 23.9 Å². The monoisotopic (exact) mass is 413 g/mol. The lowest BCUT2D eigenvalue weighted by Crippen LogP contribution is -2.32. The first-order valence-corrected chi connectivity index (χ1v) is 9.81. The largest absolute Gasteiger partial charge is 0.507 e. The summed E-state index contributed by atoms with van der Waals surface area (Å²) in [6.45, 7) is 6.31. The number of methoxy groups -OCH3 is 2. The van der Waals surface area contributed by atoms with E-state index in [9.17, 15) is 14.7 Å². The van der Waals surface area contributed by atoms with E-state index in [-0.39, 0.29) is 30.4 Å². The number of aliphatic hydroxyl groups excluding tert-OH is 1. The summed E-state index contributed by atoms with van der Waals surface area (Å²) in [4.78, 5) is 27.0. The SMILES string of the molecule is COCCN1C(=O)C(=O)/C(=C(/O)c2cc(C(C)C)c(OC)cc2C)C1c1ccco1. The highest BCUT2D eigenvalue weighted by atomic mass is 16.5. The summed E-state index contributed by atoms with van der Waals surface area (Å²) < 4.78 is 16.1. The molecule has 1 fully saturated rings. The smallest absolute Gasteiger partial charge is 0.295 e. The zero-order valence-electron chi connectivity index (χ0n) is 17.9. The normalized spacial score (nSPS) is 18.5. The highest BCUT2D eigenvalue weighted by Gasteiger charge is 2.47. The molecule has 7 nitrogen and oxygen atoms in total. The number of likely N-dealkylation sites (tertiary alicyclic amines) is 1. The molecular weight excluding hydrogens is 386 g/mol. The summed E-state index contributed by atoms with van der Waals surface area (Å²) in [6, 6.07) is 6.19. The third-order valence-corrected chi connectivity index (χ3v) is 5.34. The molecule has 1 amide bonds. The summed E-state index contributed by atoms with van der Waals surface area (Å²) in [6.07, 6.45) is 1.47. The number of amides is 1. The van der Waals surface area contributed by atoms with Gasteiger partial charge in [-0.25, -0.2) is 0 Å². The summed E-state index contributed by atoms with van der Waals surface area (Å²) in [7, 11) is 3.12. The fraction of sp³-hybridized carbons (Fsp3) is 0.391. The molecule has 1 saturated heterocycles. The number of carbonyl (C=O) groups excluding carboxylic acids is 2. The van der Waals surface area contributed by atoms with Crippen LogP contribution in [0.4, 0.5) is 0 Å². The summed E-state index contributed by atoms with van der Waals surface area (Å²) >= 11 is 0. The number of hydrogen-bond acceptors (Lipinski definition) is 6. The first kappa shape index (κ1) is 21.6. The van der Waals surface area contributed by atoms with Crippen molar-refractivity contribution in [1.29, 1.82) is 0 Å². The highest BCUT2D eigenvalue weighted by molar-refractivity contribution is 6.46. The second kappa shape index (κ2) is 8.75. The lowest BCUT2D eigenvalue weighted by atomic mass is 9.92. The van der Waals surface area contributed by atoms with E-state index in [0.717, 1.165) is 11.1 Å². The minimum Gasteiger partial charge on any atom is -0.507 e. The van der Waals surface area contributed by atoms with E-state index in [1.165, 1.54) is 18.3 Å². The maximum atomic E-state index is 12.9. The van der Waals surface area contributed by atoms with Gasteiger partial charge in [0.05, 0.1) is 25.6 Å². The van der Waals surface area contributed by atoms with Crippen LogP contribution in [0.1, 0.15) is 48.3 Å². The van der Waals surface area contributed by atoms with E-state index in [2.05, 4.69) is 0 Å². The molecule has 0 spiro atoms. The molecule has 1 N–H and O–H groups in total. The van der Waals surface area contributed by atoms with Crippen LogP contribution >= 0.6 is 0 Å². The molecule has 1 aliphatic heterocycles. The fourth-order valence-corrected chi connectivity index (χ4v) is 3.77. The Morgan fingerprint density at radius 3 is 2.57 bits per heavy atom. The van der Waals surface area contributed by atoms with Crippen molar-refractivity contribution in [3.8, 4) is 5.75 Å². The number of hydrogen-bond donors (Lipinski definition) is 1. The van der Waals surface area contributed by atoms with Crippen molar-refractivity contribution in [1.82, 2.24) is 4.90 Å². The molecule has 1 aromatic heterocycles. The van der Waals surface area contributed by atoms with E-state index in [4.69, 9.17) is 13.9 Å². The van der Waals surface area contributed by atoms with Gasteiger partial charge in [0, 0.05) is 19.2 Å². The Balaban J connectivity index is 2.21. The van der Waals surface area contributed by atoms with Gasteiger partial charge in [0.2, 0.25) is 0 Å². The molecule has 0 radical (unpaired) electrons. The number of ether oxygens (including phenoxy) is 2. The number of carbonyl (C=O) groups is 2. The van der Waals surface area contributed by atoms with E-state index in [1.807, 2.05) is 32.9 Å². The Kier molecular flexibility index (Phi) is 6.31. The topological polar surface area (TPSA) is 89.2 Å². The Bertz CT molecular complexity index is 974. The molecule has 3 rings (SSSR count). The average molecular weight is 413 g/mol. The van der Waals surface area contributed by atoms with E-state index < -0.39 is 17.7 Å². The van der Waals surface area contributed by atoms with Gasteiger partial charge in [0.25, 0.3) is 11.7 Å². The third-order valence-electron chi connectivity index (χ3n) is 5.34. The fourth-order valence-electron chi connectivity index (χ4n) is 3.77. The van der Waals surface area contributed by atoms with Crippen molar-refractivity contribution in [3.05, 3.63) is 58.6 Å². The molecule has 30 heavy (non-hydrogen) atoms. The molecule has 2 heterocycles. The molecule has 1 aromatic carbocycles. The van der Waals surface area contributed by atoms with Gasteiger partial charge in [-0.1, -0.05) is 13.8 Å². The third kappa shape index (κ3) is 3.73. The Hall–Kier alpha value is -3.06. The van der Waals surface area contributed by atoms with Crippen LogP contribution in [0.15, 0.2) is 40.5 Å². The maximum absolute atomic E-state index is 12.9. The molecule has 1 unspecified atom stereocenters. The quantitative estimate of drug-likeness (QED) is 0.422. The minimum atomic E-state index is -0.820. The zero-order valence-corrected chi connectivity index (χ0v) is 17.9. The Morgan fingerprint density at radius 2 is 2.00 bits per heavy atom. The molecule has 0 bridgehead atoms. The van der Waals surface area contributed by atoms with E-state index >= 15 is 0 Å². The first-order valence-electron chi connectivity index (χ1n) is 9.81. The van der Waals surface area contributed by atoms with Crippen molar-refractivity contribution in [2.75, 3.05) is 27.4 Å². The Morgan fingerprint density at radius 1 is 1.27 bits per heavy atom. The summed E-state index contributed by atoms with van der Waals surface area (Å²) in [5.74, 6) is -0.408. The first-order chi connectivity index (χ1) is 14.3. The number of furan rings is 1. The standard InChI is InChI=1S/C23H27NO6/c1-13(2)15-12-16(14(3)11-18(15)29-5)21(25)19-20(17-7-6-9-30-17)24(8-10-28-4)23(27)22(19)26/h6-7,9,11-13,20,25H,8,10H2,1-5H3/b21-19+. The van der Waals surface area contributed by atoms with Gasteiger partial charge in [0.15, 0.2) is 0 Å². The number of ketones is 1. The van der Waals surface area contributed by atoms with Crippen molar-refractivity contribution in [3.63, 3.8) is 0 Å². The van der Waals surface area contributed by atoms with Gasteiger partial charge in [-0.2, -0.15) is 0 Å². The summed E-state index contributed by atoms with van der Waals surface area (Å²) in [5, 5.41) is 11.2. The lowest BCUT2D eigenvalue weighted by Gasteiger charge is -2.23. The van der Waals surface area contributed by atoms with Gasteiger partial charge in [-0.05, 0) is 48.2 Å². The predicted molar refractivity (Wildman–Crippen MR) is 111 cm³/mol. The van der Waals surface area contributed by atoms with Gasteiger partial charge in [-0.15, -0.1) is 0 Å². The number of rotatable bonds is 7. The van der Waals surface area contributed by atoms with Crippen molar-refractivity contribution < 1.29 is 28.6 Å². The number of aryl methyl sites for hydroxylation is 1. The van der Waals surface area contributed by atoms with Crippen molar-refractivity contribution in [2.24, 2.45) is 0 Å². The predicted octanol–water partition coefficient (Wildman–Crippen LogP) is 3.79. The van der Waals surface area contributed by atoms with Gasteiger partial charge >= 0.3 is 0 Å². The number of Topliss-reactive ketones (excluding diaryl/α,β-unsaturated/α-hetero) is 1. The van der Waals surface area contributed by atoms with Crippen LogP contribution < -0.4 is 4.74 Å². The van der Waals surface area contributed by atoms with Crippen molar-refractivity contribution >= 4 is 17.4 Å². The molecule has 7 heteroatoms. The van der Waals surface area contributed by atoms with Crippen LogP contribution in [0, 0.1) is 6.92 Å². The van der Waals surface area contributed by atoms with E-state index in [0.29, 0.717) is 17.1 Å². The molecule has 0 saturated carbocycles.